The van der Waals surface area contributed by atoms with E-state index in [1.54, 1.807) is 0 Å². The van der Waals surface area contributed by atoms with Crippen LogP contribution < -0.4 is 63.8 Å². The number of anilines is 6. The molecule has 0 fully saturated rings. The Kier molecular flexibility index (Phi) is 16.3. The number of nitrogens with one attached hydrogen (secondary N) is 3. The van der Waals surface area contributed by atoms with Gasteiger partial charge < -0.3 is 57.7 Å². The van der Waals surface area contributed by atoms with Gasteiger partial charge >= 0.3 is 17.1 Å². The van der Waals surface area contributed by atoms with E-state index in [4.69, 9.17) is 34.4 Å². The molecule has 3 aromatic heterocycles. The lowest BCUT2D eigenvalue weighted by molar-refractivity contribution is 0.823. The highest BCUT2D eigenvalue weighted by atomic mass is 16.2. The Bertz CT molecular complexity index is 974. The fourth-order valence-corrected chi connectivity index (χ4v) is 1.25. The predicted molar refractivity (Wildman–Crippen MR) is 112 cm³/mol. The van der Waals surface area contributed by atoms with E-state index in [9.17, 15) is 14.4 Å². The molecule has 0 saturated carbocycles. The lowest BCUT2D eigenvalue weighted by Crippen LogP contribution is -2.25. The number of aromatic nitrogens is 9. The number of H-pyrrole nitrogens is 3. The molecule has 0 atom stereocenters. The van der Waals surface area contributed by atoms with Crippen LogP contribution in [0.5, 0.6) is 0 Å². The van der Waals surface area contributed by atoms with Gasteiger partial charge in [0.05, 0.1) is 0 Å². The van der Waals surface area contributed by atoms with Crippen LogP contribution >= 0.6 is 0 Å². The van der Waals surface area contributed by atoms with Gasteiger partial charge in [-0.1, -0.05) is 0 Å². The van der Waals surface area contributed by atoms with Crippen LogP contribution in [0.1, 0.15) is 0 Å². The minimum Gasteiger partial charge on any atom is -0.412 e. The molecule has 0 radical (unpaired) electrons. The van der Waals surface area contributed by atoms with Crippen molar-refractivity contribution in [2.24, 2.45) is 0 Å². The molecule has 31 heavy (non-hydrogen) atoms. The van der Waals surface area contributed by atoms with Gasteiger partial charge in [-0.25, -0.2) is 14.4 Å². The van der Waals surface area contributed by atoms with Crippen LogP contribution in [-0.4, -0.2) is 55.8 Å². The monoisotopic (exact) mass is 451 g/mol. The molecule has 0 aliphatic carbocycles. The van der Waals surface area contributed by atoms with Crippen molar-refractivity contribution in [2.75, 3.05) is 34.4 Å². The van der Waals surface area contributed by atoms with E-state index in [0.29, 0.717) is 0 Å². The molecule has 22 nitrogen and oxygen atoms in total. The summed E-state index contributed by atoms with van der Waals surface area (Å²) in [6, 6.07) is 0. The number of aromatic amines is 3. The van der Waals surface area contributed by atoms with E-state index < -0.39 is 17.1 Å². The number of nitrogens with two attached hydrogens (primary N) is 6. The lowest BCUT2D eigenvalue weighted by Gasteiger charge is -1.93. The molecule has 3 heterocycles. The highest BCUT2D eigenvalue weighted by molar-refractivity contribution is 5.33. The zero-order chi connectivity index (χ0) is 20.6. The Labute approximate surface area is 170 Å². The number of rotatable bonds is 0. The molecule has 0 aliphatic rings. The van der Waals surface area contributed by atoms with Gasteiger partial charge in [0.2, 0.25) is 35.7 Å². The fraction of sp³-hybridized carbons (Fsp3) is 0. The second-order valence-electron chi connectivity index (χ2n) is 4.19. The Morgan fingerprint density at radius 2 is 0.839 bits per heavy atom. The van der Waals surface area contributed by atoms with Crippen molar-refractivity contribution in [3.63, 3.8) is 0 Å². The average molecular weight is 451 g/mol. The molecule has 0 spiro atoms. The van der Waals surface area contributed by atoms with Crippen molar-refractivity contribution in [2.45, 2.75) is 0 Å². The van der Waals surface area contributed by atoms with Crippen molar-refractivity contribution in [3.05, 3.63) is 31.5 Å². The van der Waals surface area contributed by atoms with Crippen LogP contribution in [0.15, 0.2) is 14.4 Å². The van der Waals surface area contributed by atoms with Crippen LogP contribution in [0.3, 0.4) is 0 Å². The first-order valence-corrected chi connectivity index (χ1v) is 6.53. The van der Waals surface area contributed by atoms with Crippen LogP contribution in [0, 0.1) is 0 Å². The third-order valence-corrected chi connectivity index (χ3v) is 2.06. The van der Waals surface area contributed by atoms with E-state index in [2.05, 4.69) is 39.9 Å². The number of hydrogen-bond donors (Lipinski definition) is 11. The normalized spacial score (nSPS) is 8.13. The van der Waals surface area contributed by atoms with E-state index in [1.165, 1.54) is 0 Å². The first kappa shape index (κ1) is 33.6. The number of nitrogens with zero attached hydrogens (tertiary/aromatic N) is 6. The molecule has 0 saturated heterocycles. The van der Waals surface area contributed by atoms with E-state index in [1.807, 2.05) is 4.98 Å². The average Bonchev–Trinajstić information content (AvgIpc) is 2.43. The summed E-state index contributed by atoms with van der Waals surface area (Å²) in [6.07, 6.45) is 0. The molecular formula is C9H25N17O5. The summed E-state index contributed by atoms with van der Waals surface area (Å²) < 4.78 is 0. The summed E-state index contributed by atoms with van der Waals surface area (Å²) in [5.74, 6) is -0.187. The van der Waals surface area contributed by atoms with Gasteiger partial charge in [-0.05, 0) is 0 Å². The zero-order valence-corrected chi connectivity index (χ0v) is 15.8. The molecule has 22 heteroatoms. The first-order valence-electron chi connectivity index (χ1n) is 6.53. The zero-order valence-electron chi connectivity index (χ0n) is 15.8. The maximum absolute atomic E-state index is 10.3. The molecule has 0 aromatic carbocycles. The van der Waals surface area contributed by atoms with Gasteiger partial charge in [0.1, 0.15) is 0 Å². The minimum absolute atomic E-state index is 0. The summed E-state index contributed by atoms with van der Waals surface area (Å²) >= 11 is 0. The largest absolute Gasteiger partial charge is 0.412 e. The van der Waals surface area contributed by atoms with Gasteiger partial charge in [0.25, 0.3) is 0 Å². The Hall–Kier alpha value is -4.93. The SMILES string of the molecule is N.N.Nc1nc(=O)[nH]c(=O)[nH]1.Nc1nc(N)[nH]c(=O)n1.Nc1nc(N)nc(N)n1.O.O. The molecular weight excluding hydrogens is 426 g/mol. The molecule has 0 unspecified atom stereocenters. The van der Waals surface area contributed by atoms with Crippen molar-refractivity contribution in [1.82, 2.24) is 57.2 Å². The third-order valence-electron chi connectivity index (χ3n) is 2.06. The smallest absolute Gasteiger partial charge is 0.352 e. The van der Waals surface area contributed by atoms with Crippen LogP contribution in [0.25, 0.3) is 0 Å². The Morgan fingerprint density at radius 1 is 0.484 bits per heavy atom. The van der Waals surface area contributed by atoms with Gasteiger partial charge in [-0.2, -0.15) is 29.9 Å². The van der Waals surface area contributed by atoms with Crippen LogP contribution in [0.2, 0.25) is 0 Å². The van der Waals surface area contributed by atoms with E-state index in [0.717, 1.165) is 0 Å². The maximum Gasteiger partial charge on any atom is 0.352 e. The van der Waals surface area contributed by atoms with E-state index in [-0.39, 0.29) is 58.9 Å². The maximum atomic E-state index is 10.3. The minimum atomic E-state index is -0.740. The second-order valence-corrected chi connectivity index (χ2v) is 4.19. The molecule has 3 aromatic rings. The highest BCUT2D eigenvalue weighted by Gasteiger charge is 1.94. The van der Waals surface area contributed by atoms with Crippen LogP contribution in [0.4, 0.5) is 35.7 Å². The molecule has 176 valence electrons. The van der Waals surface area contributed by atoms with E-state index >= 15 is 0 Å². The molecule has 3 rings (SSSR count). The van der Waals surface area contributed by atoms with Crippen molar-refractivity contribution in [1.29, 1.82) is 0 Å². The molecule has 0 amide bonds. The molecule has 0 bridgehead atoms. The molecule has 0 aliphatic heterocycles. The standard InChI is InChI=1S/C3H6N6.C3H5N5O.C3H4N4O2.2H3N.2H2O/c4-1-7-2(5)9-3(6)8-1;4-1-6-2(5)8-3(9)7-1;4-1-5-2(8)7-3(9)6-1;;;;/h(H6,4,5,6,7,8,9);(H5,4,5,6,7,8,9);(H4,4,5,6,7,8,9);2*1H3;2*1H2. The van der Waals surface area contributed by atoms with Crippen LogP contribution in [-0.2, 0) is 0 Å². The van der Waals surface area contributed by atoms with Crippen molar-refractivity contribution >= 4 is 35.7 Å². The Morgan fingerprint density at radius 3 is 1.16 bits per heavy atom. The summed E-state index contributed by atoms with van der Waals surface area (Å²) in [6.45, 7) is 0. The van der Waals surface area contributed by atoms with Gasteiger partial charge in [0.15, 0.2) is 0 Å². The predicted octanol–water partition coefficient (Wildman–Crippen LogP) is -6.34. The molecule has 25 N–H and O–H groups in total. The number of hydrogen-bond acceptors (Lipinski definition) is 17. The van der Waals surface area contributed by atoms with Gasteiger partial charge in [-0.15, -0.1) is 0 Å². The summed E-state index contributed by atoms with van der Waals surface area (Å²) in [5, 5.41) is 0. The third kappa shape index (κ3) is 13.8. The first-order chi connectivity index (χ1) is 12.5. The van der Waals surface area contributed by atoms with Gasteiger partial charge in [0, 0.05) is 0 Å². The number of nitrogen functional groups attached to an aromatic ring is 6. The van der Waals surface area contributed by atoms with Crippen molar-refractivity contribution in [3.8, 4) is 0 Å². The summed E-state index contributed by atoms with van der Waals surface area (Å²) in [7, 11) is 0. The highest BCUT2D eigenvalue weighted by Crippen LogP contribution is 1.97. The van der Waals surface area contributed by atoms with Crippen molar-refractivity contribution < 1.29 is 11.0 Å². The Balaban J connectivity index is -0.000000166. The quantitative estimate of drug-likeness (QED) is 0.151. The summed E-state index contributed by atoms with van der Waals surface area (Å²) in [5.41, 5.74) is 28.5. The lowest BCUT2D eigenvalue weighted by atomic mass is 10.9. The van der Waals surface area contributed by atoms with Gasteiger partial charge in [-0.3, -0.25) is 15.0 Å². The summed E-state index contributed by atoms with van der Waals surface area (Å²) in [4.78, 5) is 57.2. The fourth-order valence-electron chi connectivity index (χ4n) is 1.25. The second kappa shape index (κ2) is 15.0. The topological polar surface area (TPSA) is 465 Å².